The highest BCUT2D eigenvalue weighted by molar-refractivity contribution is 5.28. The van der Waals surface area contributed by atoms with Gasteiger partial charge >= 0.3 is 0 Å². The van der Waals surface area contributed by atoms with E-state index in [9.17, 15) is 0 Å². The Kier molecular flexibility index (Phi) is 2.83. The topological polar surface area (TPSA) is 54.7 Å². The number of aromatic nitrogens is 2. The second kappa shape index (κ2) is 4.28. The summed E-state index contributed by atoms with van der Waals surface area (Å²) in [5, 5.41) is 0. The van der Waals surface area contributed by atoms with Crippen molar-refractivity contribution in [3.63, 3.8) is 0 Å². The predicted molar refractivity (Wildman–Crippen MR) is 60.5 cm³/mol. The number of rotatable bonds is 3. The quantitative estimate of drug-likeness (QED) is 0.795. The van der Waals surface area contributed by atoms with E-state index >= 15 is 0 Å². The van der Waals surface area contributed by atoms with Gasteiger partial charge in [-0.15, -0.1) is 0 Å². The third kappa shape index (κ3) is 2.25. The van der Waals surface area contributed by atoms with Gasteiger partial charge in [0.05, 0.1) is 0 Å². The molecular weight excluding hydrogens is 186 g/mol. The molecule has 3 heteroatoms. The van der Waals surface area contributed by atoms with Gasteiger partial charge < -0.3 is 10.7 Å². The summed E-state index contributed by atoms with van der Waals surface area (Å²) in [7, 11) is 0. The number of aryl methyl sites for hydroxylation is 1. The Balaban J connectivity index is 2.18. The third-order valence-electron chi connectivity index (χ3n) is 2.52. The molecule has 0 bridgehead atoms. The molecule has 0 saturated carbocycles. The van der Waals surface area contributed by atoms with Crippen LogP contribution >= 0.6 is 0 Å². The molecule has 78 valence electrons. The van der Waals surface area contributed by atoms with Gasteiger partial charge in [0.15, 0.2) is 0 Å². The number of imidazole rings is 1. The molecule has 0 aliphatic heterocycles. The van der Waals surface area contributed by atoms with Crippen molar-refractivity contribution >= 4 is 0 Å². The average molecular weight is 201 g/mol. The molecule has 0 atom stereocenters. The van der Waals surface area contributed by atoms with Crippen molar-refractivity contribution in [2.45, 2.75) is 19.9 Å². The normalized spacial score (nSPS) is 10.5. The molecule has 0 spiro atoms. The van der Waals surface area contributed by atoms with E-state index in [1.807, 2.05) is 6.07 Å². The summed E-state index contributed by atoms with van der Waals surface area (Å²) in [6.07, 6.45) is 2.64. The lowest BCUT2D eigenvalue weighted by atomic mass is 10.1. The molecular formula is C12H15N3. The van der Waals surface area contributed by atoms with E-state index in [-0.39, 0.29) is 0 Å². The summed E-state index contributed by atoms with van der Waals surface area (Å²) in [5.74, 6) is 0.977. The van der Waals surface area contributed by atoms with Crippen LogP contribution in [0.25, 0.3) is 0 Å². The number of H-pyrrole nitrogens is 1. The monoisotopic (exact) mass is 201 g/mol. The summed E-state index contributed by atoms with van der Waals surface area (Å²) in [6.45, 7) is 2.63. The van der Waals surface area contributed by atoms with E-state index < -0.39 is 0 Å². The van der Waals surface area contributed by atoms with Crippen molar-refractivity contribution in [3.05, 3.63) is 53.1 Å². The Labute approximate surface area is 89.4 Å². The summed E-state index contributed by atoms with van der Waals surface area (Å²) in [5.41, 5.74) is 9.10. The Bertz CT molecular complexity index is 446. The molecule has 0 aliphatic carbocycles. The molecule has 1 aromatic heterocycles. The van der Waals surface area contributed by atoms with Gasteiger partial charge in [-0.25, -0.2) is 4.98 Å². The van der Waals surface area contributed by atoms with Gasteiger partial charge in [0.1, 0.15) is 5.82 Å². The largest absolute Gasteiger partial charge is 0.345 e. The minimum atomic E-state index is 0.515. The highest BCUT2D eigenvalue weighted by Crippen LogP contribution is 2.11. The van der Waals surface area contributed by atoms with Crippen molar-refractivity contribution in [1.29, 1.82) is 0 Å². The van der Waals surface area contributed by atoms with Crippen LogP contribution in [0.2, 0.25) is 0 Å². The fourth-order valence-corrected chi connectivity index (χ4v) is 1.59. The standard InChI is InChI=1S/C12H15N3/c1-9-4-2-3-5-10(9)6-12-14-8-11(7-13)15-12/h2-5,8H,6-7,13H2,1H3,(H,14,15). The molecule has 1 aromatic carbocycles. The van der Waals surface area contributed by atoms with Crippen molar-refractivity contribution in [2.75, 3.05) is 0 Å². The number of hydrogen-bond donors (Lipinski definition) is 2. The average Bonchev–Trinajstić information content (AvgIpc) is 2.69. The molecule has 2 rings (SSSR count). The van der Waals surface area contributed by atoms with E-state index in [1.165, 1.54) is 11.1 Å². The van der Waals surface area contributed by atoms with Gasteiger partial charge in [0.25, 0.3) is 0 Å². The van der Waals surface area contributed by atoms with E-state index in [4.69, 9.17) is 5.73 Å². The zero-order valence-electron chi connectivity index (χ0n) is 8.83. The molecule has 0 unspecified atom stereocenters. The van der Waals surface area contributed by atoms with Gasteiger partial charge in [-0.2, -0.15) is 0 Å². The lowest BCUT2D eigenvalue weighted by Gasteiger charge is -2.02. The van der Waals surface area contributed by atoms with Crippen LogP contribution < -0.4 is 5.73 Å². The lowest BCUT2D eigenvalue weighted by Crippen LogP contribution is -1.97. The smallest absolute Gasteiger partial charge is 0.110 e. The number of nitrogens with zero attached hydrogens (tertiary/aromatic N) is 1. The zero-order valence-corrected chi connectivity index (χ0v) is 8.83. The molecule has 3 N–H and O–H groups in total. The first-order valence-corrected chi connectivity index (χ1v) is 5.07. The highest BCUT2D eigenvalue weighted by Gasteiger charge is 2.02. The van der Waals surface area contributed by atoms with E-state index in [1.54, 1.807) is 6.20 Å². The summed E-state index contributed by atoms with van der Waals surface area (Å²) >= 11 is 0. The molecule has 0 saturated heterocycles. The lowest BCUT2D eigenvalue weighted by molar-refractivity contribution is 0.963. The molecule has 2 aromatic rings. The first-order valence-electron chi connectivity index (χ1n) is 5.07. The Morgan fingerprint density at radius 1 is 1.33 bits per heavy atom. The van der Waals surface area contributed by atoms with Gasteiger partial charge in [-0.1, -0.05) is 24.3 Å². The van der Waals surface area contributed by atoms with Crippen molar-refractivity contribution in [3.8, 4) is 0 Å². The summed E-state index contributed by atoms with van der Waals surface area (Å²) in [4.78, 5) is 7.49. The van der Waals surface area contributed by atoms with Crippen LogP contribution in [-0.4, -0.2) is 9.97 Å². The number of aromatic amines is 1. The predicted octanol–water partition coefficient (Wildman–Crippen LogP) is 1.77. The van der Waals surface area contributed by atoms with E-state index in [0.717, 1.165) is 17.9 Å². The first-order chi connectivity index (χ1) is 7.29. The number of hydrogen-bond acceptors (Lipinski definition) is 2. The molecule has 1 heterocycles. The van der Waals surface area contributed by atoms with Crippen LogP contribution in [0.3, 0.4) is 0 Å². The van der Waals surface area contributed by atoms with Crippen LogP contribution in [0.15, 0.2) is 30.5 Å². The molecule has 0 aliphatic rings. The molecule has 3 nitrogen and oxygen atoms in total. The van der Waals surface area contributed by atoms with Gasteiger partial charge in [-0.3, -0.25) is 0 Å². The highest BCUT2D eigenvalue weighted by atomic mass is 14.9. The minimum absolute atomic E-state index is 0.515. The van der Waals surface area contributed by atoms with Crippen LogP contribution in [0.4, 0.5) is 0 Å². The maximum atomic E-state index is 5.52. The van der Waals surface area contributed by atoms with Crippen LogP contribution in [0.5, 0.6) is 0 Å². The maximum Gasteiger partial charge on any atom is 0.110 e. The van der Waals surface area contributed by atoms with E-state index in [0.29, 0.717) is 6.54 Å². The maximum absolute atomic E-state index is 5.52. The zero-order chi connectivity index (χ0) is 10.7. The second-order valence-corrected chi connectivity index (χ2v) is 3.66. The molecule has 0 fully saturated rings. The van der Waals surface area contributed by atoms with Crippen LogP contribution in [0, 0.1) is 6.92 Å². The van der Waals surface area contributed by atoms with Gasteiger partial charge in [0, 0.05) is 24.9 Å². The van der Waals surface area contributed by atoms with Crippen molar-refractivity contribution in [1.82, 2.24) is 9.97 Å². The van der Waals surface area contributed by atoms with Crippen LogP contribution in [0.1, 0.15) is 22.6 Å². The van der Waals surface area contributed by atoms with Crippen LogP contribution in [-0.2, 0) is 13.0 Å². The third-order valence-corrected chi connectivity index (χ3v) is 2.52. The molecule has 0 radical (unpaired) electrons. The summed E-state index contributed by atoms with van der Waals surface area (Å²) in [6, 6.07) is 8.34. The summed E-state index contributed by atoms with van der Waals surface area (Å²) < 4.78 is 0. The van der Waals surface area contributed by atoms with E-state index in [2.05, 4.69) is 35.1 Å². The van der Waals surface area contributed by atoms with Gasteiger partial charge in [0.2, 0.25) is 0 Å². The SMILES string of the molecule is Cc1ccccc1Cc1ncc(CN)[nH]1. The fraction of sp³-hybridized carbons (Fsp3) is 0.250. The second-order valence-electron chi connectivity index (χ2n) is 3.66. The minimum Gasteiger partial charge on any atom is -0.345 e. The number of nitrogens with one attached hydrogen (secondary N) is 1. The van der Waals surface area contributed by atoms with Crippen molar-refractivity contribution in [2.24, 2.45) is 5.73 Å². The number of benzene rings is 1. The van der Waals surface area contributed by atoms with Crippen molar-refractivity contribution < 1.29 is 0 Å². The first kappa shape index (κ1) is 9.93. The Morgan fingerprint density at radius 3 is 2.80 bits per heavy atom. The molecule has 0 amide bonds. The fourth-order valence-electron chi connectivity index (χ4n) is 1.59. The molecule has 15 heavy (non-hydrogen) atoms. The Hall–Kier alpha value is -1.61. The Morgan fingerprint density at radius 2 is 2.13 bits per heavy atom. The number of nitrogens with two attached hydrogens (primary N) is 1. The van der Waals surface area contributed by atoms with Gasteiger partial charge in [-0.05, 0) is 18.1 Å².